The molecule has 0 saturated heterocycles. The molecule has 3 rings (SSSR count). The normalized spacial score (nSPS) is 10.4. The van der Waals surface area contributed by atoms with Crippen LogP contribution in [0.3, 0.4) is 0 Å². The van der Waals surface area contributed by atoms with Gasteiger partial charge in [-0.3, -0.25) is 9.98 Å². The Bertz CT molecular complexity index is 1000. The summed E-state index contributed by atoms with van der Waals surface area (Å²) in [7, 11) is 0. The lowest BCUT2D eigenvalue weighted by Crippen LogP contribution is -2.23. The lowest BCUT2D eigenvalue weighted by molar-refractivity contribution is 0.300. The van der Waals surface area contributed by atoms with E-state index in [0.717, 1.165) is 46.6 Å². The van der Waals surface area contributed by atoms with Crippen molar-refractivity contribution in [2.24, 2.45) is 32.9 Å². The molecule has 0 atom stereocenters. The van der Waals surface area contributed by atoms with Crippen molar-refractivity contribution in [3.8, 4) is 11.5 Å². The molecule has 8 nitrogen and oxygen atoms in total. The molecule has 178 valence electrons. The van der Waals surface area contributed by atoms with E-state index in [2.05, 4.69) is 16.1 Å². The average molecular weight is 461 g/mol. The van der Waals surface area contributed by atoms with Gasteiger partial charge in [-0.25, -0.2) is 0 Å². The molecule has 0 heterocycles. The summed E-state index contributed by atoms with van der Waals surface area (Å²) in [6.45, 7) is 2.10. The fourth-order valence-corrected chi connectivity index (χ4v) is 3.28. The predicted molar refractivity (Wildman–Crippen MR) is 137 cm³/mol. The third-order valence-corrected chi connectivity index (χ3v) is 5.04. The van der Waals surface area contributed by atoms with Gasteiger partial charge in [0.25, 0.3) is 0 Å². The first kappa shape index (κ1) is 24.4. The van der Waals surface area contributed by atoms with Gasteiger partial charge in [-0.15, -0.1) is 0 Å². The number of rotatable bonds is 12. The molecule has 0 saturated carbocycles. The minimum absolute atomic E-state index is 0.112. The molecule has 0 bridgehead atoms. The Balaban J connectivity index is 1.45. The maximum absolute atomic E-state index is 5.93. The molecule has 0 aliphatic heterocycles. The topological polar surface area (TPSA) is 147 Å². The van der Waals surface area contributed by atoms with E-state index in [1.807, 2.05) is 66.7 Å². The third-order valence-electron chi connectivity index (χ3n) is 5.04. The second kappa shape index (κ2) is 12.7. The highest BCUT2D eigenvalue weighted by Crippen LogP contribution is 2.17. The molecule has 3 aromatic rings. The monoisotopic (exact) mass is 460 g/mol. The Morgan fingerprint density at radius 2 is 0.971 bits per heavy atom. The van der Waals surface area contributed by atoms with Crippen LogP contribution < -0.4 is 32.4 Å². The first-order chi connectivity index (χ1) is 16.5. The fourth-order valence-electron chi connectivity index (χ4n) is 3.28. The van der Waals surface area contributed by atoms with Crippen LogP contribution >= 0.6 is 0 Å². The first-order valence-electron chi connectivity index (χ1n) is 11.1. The number of nitrogens with zero attached hydrogens (tertiary/aromatic N) is 2. The maximum atomic E-state index is 5.93. The number of benzene rings is 3. The van der Waals surface area contributed by atoms with Gasteiger partial charge in [-0.1, -0.05) is 42.5 Å². The highest BCUT2D eigenvalue weighted by Gasteiger charge is 2.02. The summed E-state index contributed by atoms with van der Waals surface area (Å²) in [6, 6.07) is 24.1. The van der Waals surface area contributed by atoms with Crippen LogP contribution in [0.1, 0.15) is 22.3 Å². The SMILES string of the molecule is NC(N)=NCCc1ccc(OCc2cccc(COc3ccc(CCN=C(N)N)cc3)c2)cc1. The van der Waals surface area contributed by atoms with Crippen molar-refractivity contribution in [2.45, 2.75) is 26.1 Å². The second-order valence-electron chi connectivity index (χ2n) is 7.80. The van der Waals surface area contributed by atoms with Crippen molar-refractivity contribution in [1.29, 1.82) is 0 Å². The zero-order chi connectivity index (χ0) is 24.2. The van der Waals surface area contributed by atoms with Crippen LogP contribution in [0.5, 0.6) is 11.5 Å². The zero-order valence-corrected chi connectivity index (χ0v) is 19.2. The molecule has 0 spiro atoms. The van der Waals surface area contributed by atoms with Gasteiger partial charge < -0.3 is 32.4 Å². The predicted octanol–water partition coefficient (Wildman–Crippen LogP) is 2.48. The summed E-state index contributed by atoms with van der Waals surface area (Å²) < 4.78 is 11.9. The molecule has 0 aliphatic rings. The summed E-state index contributed by atoms with van der Waals surface area (Å²) in [6.07, 6.45) is 1.56. The Hall–Kier alpha value is -4.20. The van der Waals surface area contributed by atoms with Crippen molar-refractivity contribution in [3.63, 3.8) is 0 Å². The van der Waals surface area contributed by atoms with Crippen LogP contribution in [0, 0.1) is 0 Å². The minimum Gasteiger partial charge on any atom is -0.489 e. The molecular weight excluding hydrogens is 428 g/mol. The molecule has 3 aromatic carbocycles. The summed E-state index contributed by atoms with van der Waals surface area (Å²) in [5.41, 5.74) is 25.9. The average Bonchev–Trinajstić information content (AvgIpc) is 2.83. The van der Waals surface area contributed by atoms with E-state index in [4.69, 9.17) is 32.4 Å². The highest BCUT2D eigenvalue weighted by molar-refractivity contribution is 5.75. The molecule has 0 unspecified atom stereocenters. The molecule has 0 amide bonds. The van der Waals surface area contributed by atoms with Gasteiger partial charge in [0.1, 0.15) is 24.7 Å². The van der Waals surface area contributed by atoms with Crippen molar-refractivity contribution in [3.05, 3.63) is 95.1 Å². The Kier molecular flexibility index (Phi) is 9.16. The number of aliphatic imine (C=N–C) groups is 2. The highest BCUT2D eigenvalue weighted by atomic mass is 16.5. The van der Waals surface area contributed by atoms with Gasteiger partial charge in [-0.05, 0) is 65.4 Å². The smallest absolute Gasteiger partial charge is 0.185 e. The minimum atomic E-state index is 0.112. The molecule has 34 heavy (non-hydrogen) atoms. The lowest BCUT2D eigenvalue weighted by atomic mass is 10.1. The van der Waals surface area contributed by atoms with E-state index >= 15 is 0 Å². The molecule has 0 aliphatic carbocycles. The summed E-state index contributed by atoms with van der Waals surface area (Å²) >= 11 is 0. The fraction of sp³-hybridized carbons (Fsp3) is 0.231. The number of guanidine groups is 2. The molecule has 0 aromatic heterocycles. The summed E-state index contributed by atoms with van der Waals surface area (Å²) in [4.78, 5) is 8.00. The van der Waals surface area contributed by atoms with Crippen LogP contribution in [0.15, 0.2) is 82.8 Å². The van der Waals surface area contributed by atoms with Crippen LogP contribution in [0.2, 0.25) is 0 Å². The lowest BCUT2D eigenvalue weighted by Gasteiger charge is -2.10. The molecule has 0 radical (unpaired) electrons. The third kappa shape index (κ3) is 8.74. The van der Waals surface area contributed by atoms with Crippen LogP contribution in [0.4, 0.5) is 0 Å². The van der Waals surface area contributed by atoms with Crippen LogP contribution in [0.25, 0.3) is 0 Å². The van der Waals surface area contributed by atoms with Gasteiger partial charge in [0, 0.05) is 13.1 Å². The van der Waals surface area contributed by atoms with Gasteiger partial charge in [0.15, 0.2) is 11.9 Å². The Morgan fingerprint density at radius 1 is 0.559 bits per heavy atom. The molecule has 0 fully saturated rings. The Morgan fingerprint density at radius 3 is 1.35 bits per heavy atom. The van der Waals surface area contributed by atoms with Crippen molar-refractivity contribution >= 4 is 11.9 Å². The van der Waals surface area contributed by atoms with Gasteiger partial charge >= 0.3 is 0 Å². The standard InChI is InChI=1S/C26H32N6O2/c27-25(28)31-14-12-19-4-8-23(9-5-19)33-17-21-2-1-3-22(16-21)18-34-24-10-6-20(7-11-24)13-15-32-26(29)30/h1-11,16H,12-15,17-18H2,(H4,27,28,31)(H4,29,30,32). The van der Waals surface area contributed by atoms with E-state index in [0.29, 0.717) is 26.3 Å². The van der Waals surface area contributed by atoms with Crippen molar-refractivity contribution in [1.82, 2.24) is 0 Å². The van der Waals surface area contributed by atoms with E-state index < -0.39 is 0 Å². The zero-order valence-electron chi connectivity index (χ0n) is 19.2. The Labute approximate surface area is 200 Å². The number of ether oxygens (including phenoxy) is 2. The van der Waals surface area contributed by atoms with Gasteiger partial charge in [0.2, 0.25) is 0 Å². The number of nitrogens with two attached hydrogens (primary N) is 4. The molecule has 8 heteroatoms. The van der Waals surface area contributed by atoms with Crippen LogP contribution in [-0.2, 0) is 26.1 Å². The van der Waals surface area contributed by atoms with Crippen molar-refractivity contribution in [2.75, 3.05) is 13.1 Å². The number of hydrogen-bond acceptors (Lipinski definition) is 4. The van der Waals surface area contributed by atoms with E-state index in [-0.39, 0.29) is 11.9 Å². The van der Waals surface area contributed by atoms with Crippen LogP contribution in [-0.4, -0.2) is 25.0 Å². The first-order valence-corrected chi connectivity index (χ1v) is 11.1. The van der Waals surface area contributed by atoms with Gasteiger partial charge in [0.05, 0.1) is 0 Å². The van der Waals surface area contributed by atoms with Crippen molar-refractivity contribution < 1.29 is 9.47 Å². The summed E-state index contributed by atoms with van der Waals surface area (Å²) in [5, 5.41) is 0. The van der Waals surface area contributed by atoms with Gasteiger partial charge in [-0.2, -0.15) is 0 Å². The van der Waals surface area contributed by atoms with E-state index in [1.54, 1.807) is 0 Å². The molecule has 8 N–H and O–H groups in total. The maximum Gasteiger partial charge on any atom is 0.185 e. The van der Waals surface area contributed by atoms with E-state index in [1.165, 1.54) is 0 Å². The van der Waals surface area contributed by atoms with E-state index in [9.17, 15) is 0 Å². The quantitative estimate of drug-likeness (QED) is 0.241. The number of hydrogen-bond donors (Lipinski definition) is 4. The molecular formula is C26H32N6O2. The second-order valence-corrected chi connectivity index (χ2v) is 7.80. The summed E-state index contributed by atoms with van der Waals surface area (Å²) in [5.74, 6) is 1.85. The largest absolute Gasteiger partial charge is 0.489 e.